The number of rotatable bonds is 16. The van der Waals surface area contributed by atoms with Crippen molar-refractivity contribution in [2.45, 2.75) is 53.8 Å². The second-order valence-electron chi connectivity index (χ2n) is 7.43. The fraction of sp³-hybridized carbons (Fsp3) is 0.478. The lowest BCUT2D eigenvalue weighted by atomic mass is 10.2. The molecule has 0 spiro atoms. The number of thioether (sulfide) groups is 1. The number of thiol groups is 1. The molecule has 0 fully saturated rings. The summed E-state index contributed by atoms with van der Waals surface area (Å²) in [5.41, 5.74) is -4.23. The van der Waals surface area contributed by atoms with E-state index in [-0.39, 0.29) is 45.7 Å². The molecule has 202 valence electrons. The van der Waals surface area contributed by atoms with Crippen molar-refractivity contribution >= 4 is 69.2 Å². The molecule has 0 aliphatic heterocycles. The molecule has 0 N–H and O–H groups in total. The van der Waals surface area contributed by atoms with Gasteiger partial charge in [-0.25, -0.2) is 8.78 Å². The van der Waals surface area contributed by atoms with Crippen LogP contribution in [-0.4, -0.2) is 30.2 Å². The average Bonchev–Trinajstić information content (AvgIpc) is 2.80. The number of alkyl halides is 3. The van der Waals surface area contributed by atoms with Crippen molar-refractivity contribution < 1.29 is 31.4 Å². The molecule has 0 amide bonds. The monoisotopic (exact) mass is 626 g/mol. The van der Waals surface area contributed by atoms with Crippen LogP contribution < -0.4 is 9.47 Å². The number of ether oxygens (including phenoxy) is 2. The zero-order chi connectivity index (χ0) is 26.6. The van der Waals surface area contributed by atoms with E-state index in [1.807, 2.05) is 0 Å². The Morgan fingerprint density at radius 2 is 1.19 bits per heavy atom. The molecule has 0 unspecified atom stereocenters. The summed E-state index contributed by atoms with van der Waals surface area (Å²) in [7, 11) is 2.41. The van der Waals surface area contributed by atoms with Gasteiger partial charge in [0.05, 0.1) is 23.3 Å². The first kappa shape index (κ1) is 31.9. The van der Waals surface area contributed by atoms with Crippen molar-refractivity contribution in [2.75, 3.05) is 24.7 Å². The Hall–Kier alpha value is -0.330. The molecule has 0 saturated carbocycles. The van der Waals surface area contributed by atoms with Gasteiger partial charge in [0.2, 0.25) is 0 Å². The highest BCUT2D eigenvalue weighted by Crippen LogP contribution is 2.46. The highest BCUT2D eigenvalue weighted by Gasteiger charge is 2.27. The van der Waals surface area contributed by atoms with Crippen LogP contribution in [0.4, 0.5) is 22.0 Å². The molecule has 2 nitrogen and oxygen atoms in total. The van der Waals surface area contributed by atoms with Crippen molar-refractivity contribution in [3.8, 4) is 11.5 Å². The van der Waals surface area contributed by atoms with Gasteiger partial charge in [-0.15, -0.1) is 0 Å². The number of unbranched alkanes of at least 4 members (excludes halogenated alkanes) is 4. The highest BCUT2D eigenvalue weighted by atomic mass is 35.5. The SMILES string of the molecule is Fc1cc(Cl)c(SSc2cc(OCCCCCSC(F)(F)F)c(F)cc2Cl)cc1OCCCCCS. The van der Waals surface area contributed by atoms with Gasteiger partial charge in [-0.05, 0) is 68.5 Å². The quantitative estimate of drug-likeness (QED) is 0.0862. The number of benzene rings is 2. The van der Waals surface area contributed by atoms with E-state index in [1.165, 1.54) is 39.8 Å². The van der Waals surface area contributed by atoms with Crippen LogP contribution in [-0.2, 0) is 0 Å². The first-order valence-corrected chi connectivity index (χ1v) is 15.5. The standard InChI is InChI=1S/C23H25Cl2F5O2S4/c24-15-11-17(26)19(31-7-3-1-5-9-33)13-21(15)35-36-22-14-20(18(27)12-16(22)25)32-8-4-2-6-10-34-23(28,29)30/h11-14,33H,1-10H2. The molecule has 2 aromatic carbocycles. The predicted molar refractivity (Wildman–Crippen MR) is 146 cm³/mol. The van der Waals surface area contributed by atoms with Crippen molar-refractivity contribution in [3.05, 3.63) is 45.9 Å². The topological polar surface area (TPSA) is 18.5 Å². The first-order chi connectivity index (χ1) is 17.1. The summed E-state index contributed by atoms with van der Waals surface area (Å²) in [6.07, 6.45) is 4.06. The zero-order valence-corrected chi connectivity index (χ0v) is 23.9. The van der Waals surface area contributed by atoms with E-state index in [0.717, 1.165) is 31.1 Å². The van der Waals surface area contributed by atoms with Gasteiger partial charge in [0.25, 0.3) is 0 Å². The van der Waals surface area contributed by atoms with E-state index in [9.17, 15) is 22.0 Å². The van der Waals surface area contributed by atoms with Crippen molar-refractivity contribution in [1.29, 1.82) is 0 Å². The fourth-order valence-electron chi connectivity index (χ4n) is 2.78. The van der Waals surface area contributed by atoms with Gasteiger partial charge in [0.15, 0.2) is 23.1 Å². The molecular weight excluding hydrogens is 602 g/mol. The van der Waals surface area contributed by atoms with E-state index >= 15 is 0 Å². The molecule has 0 saturated heterocycles. The maximum Gasteiger partial charge on any atom is 0.441 e. The summed E-state index contributed by atoms with van der Waals surface area (Å²) in [5, 5.41) is 0.367. The lowest BCUT2D eigenvalue weighted by molar-refractivity contribution is -0.0328. The van der Waals surface area contributed by atoms with Crippen LogP contribution in [0, 0.1) is 11.6 Å². The molecule has 13 heteroatoms. The zero-order valence-electron chi connectivity index (χ0n) is 19.0. The smallest absolute Gasteiger partial charge is 0.441 e. The second kappa shape index (κ2) is 16.6. The third-order valence-electron chi connectivity index (χ3n) is 4.57. The van der Waals surface area contributed by atoms with Gasteiger partial charge in [0, 0.05) is 15.5 Å². The van der Waals surface area contributed by atoms with Gasteiger partial charge < -0.3 is 9.47 Å². The van der Waals surface area contributed by atoms with Gasteiger partial charge >= 0.3 is 5.51 Å². The molecule has 0 aliphatic carbocycles. The van der Waals surface area contributed by atoms with Crippen LogP contribution in [0.1, 0.15) is 38.5 Å². The van der Waals surface area contributed by atoms with Gasteiger partial charge in [0.1, 0.15) is 0 Å². The van der Waals surface area contributed by atoms with Crippen molar-refractivity contribution in [2.24, 2.45) is 0 Å². The van der Waals surface area contributed by atoms with Crippen LogP contribution in [0.3, 0.4) is 0 Å². The third-order valence-corrected chi connectivity index (χ3v) is 9.00. The van der Waals surface area contributed by atoms with Crippen LogP contribution in [0.25, 0.3) is 0 Å². The Kier molecular flexibility index (Phi) is 14.7. The van der Waals surface area contributed by atoms with Gasteiger partial charge in [-0.1, -0.05) is 56.6 Å². The molecule has 0 radical (unpaired) electrons. The summed E-state index contributed by atoms with van der Waals surface area (Å²) in [6.45, 7) is 0.528. The molecule has 0 aliphatic rings. The van der Waals surface area contributed by atoms with E-state index in [2.05, 4.69) is 12.6 Å². The Balaban J connectivity index is 1.91. The minimum Gasteiger partial charge on any atom is -0.490 e. The summed E-state index contributed by atoms with van der Waals surface area (Å²) in [5.74, 6) is -0.354. The second-order valence-corrected chi connectivity index (χ2v) is 12.1. The third kappa shape index (κ3) is 12.0. The van der Waals surface area contributed by atoms with Gasteiger partial charge in [-0.3, -0.25) is 0 Å². The van der Waals surface area contributed by atoms with E-state index in [1.54, 1.807) is 0 Å². The first-order valence-electron chi connectivity index (χ1n) is 11.0. The van der Waals surface area contributed by atoms with Crippen LogP contribution >= 0.6 is 69.2 Å². The largest absolute Gasteiger partial charge is 0.490 e. The molecule has 0 aromatic heterocycles. The van der Waals surface area contributed by atoms with E-state index in [0.29, 0.717) is 35.7 Å². The number of hydrogen-bond donors (Lipinski definition) is 1. The van der Waals surface area contributed by atoms with E-state index < -0.39 is 17.1 Å². The maximum atomic E-state index is 14.3. The average molecular weight is 628 g/mol. The van der Waals surface area contributed by atoms with Crippen molar-refractivity contribution in [3.63, 3.8) is 0 Å². The van der Waals surface area contributed by atoms with Crippen LogP contribution in [0.5, 0.6) is 11.5 Å². The Morgan fingerprint density at radius 1 is 0.722 bits per heavy atom. The normalized spacial score (nSPS) is 11.7. The molecule has 36 heavy (non-hydrogen) atoms. The Morgan fingerprint density at radius 3 is 1.64 bits per heavy atom. The summed E-state index contributed by atoms with van der Waals surface area (Å²) in [4.78, 5) is 1.06. The van der Waals surface area contributed by atoms with E-state index in [4.69, 9.17) is 32.7 Å². The number of hydrogen-bond acceptors (Lipinski definition) is 6. The fourth-order valence-corrected chi connectivity index (χ4v) is 6.53. The molecule has 0 atom stereocenters. The van der Waals surface area contributed by atoms with Crippen LogP contribution in [0.2, 0.25) is 10.0 Å². The maximum absolute atomic E-state index is 14.3. The number of halogens is 7. The predicted octanol–water partition coefficient (Wildman–Crippen LogP) is 10.4. The van der Waals surface area contributed by atoms with Gasteiger partial charge in [-0.2, -0.15) is 25.8 Å². The molecular formula is C23H25Cl2F5O2S4. The molecule has 2 rings (SSSR count). The lowest BCUT2D eigenvalue weighted by Crippen LogP contribution is -2.02. The minimum absolute atomic E-state index is 0.0115. The Bertz CT molecular complexity index is 967. The molecule has 0 bridgehead atoms. The molecule has 2 aromatic rings. The minimum atomic E-state index is -4.23. The highest BCUT2D eigenvalue weighted by molar-refractivity contribution is 8.76. The summed E-state index contributed by atoms with van der Waals surface area (Å²) in [6, 6.07) is 5.28. The summed E-state index contributed by atoms with van der Waals surface area (Å²) >= 11 is 16.5. The van der Waals surface area contributed by atoms with Crippen LogP contribution in [0.15, 0.2) is 34.1 Å². The Labute approximate surface area is 235 Å². The molecule has 0 heterocycles. The lowest BCUT2D eigenvalue weighted by Gasteiger charge is -2.12. The van der Waals surface area contributed by atoms with Crippen molar-refractivity contribution in [1.82, 2.24) is 0 Å². The summed E-state index contributed by atoms with van der Waals surface area (Å²) < 4.78 is 75.9.